The minimum atomic E-state index is -0.783. The van der Waals surface area contributed by atoms with Gasteiger partial charge in [0.05, 0.1) is 0 Å². The quantitative estimate of drug-likeness (QED) is 0.326. The molecule has 134 valence electrons. The molecule has 0 fully saturated rings. The van der Waals surface area contributed by atoms with Crippen molar-refractivity contribution in [2.24, 2.45) is 5.73 Å². The Bertz CT molecular complexity index is 495. The molecule has 0 saturated carbocycles. The number of amides is 3. The van der Waals surface area contributed by atoms with Crippen LogP contribution in [0.2, 0.25) is 0 Å². The molecule has 24 heavy (non-hydrogen) atoms. The number of rotatable bonds is 10. The molecule has 10 heteroatoms. The van der Waals surface area contributed by atoms with E-state index in [2.05, 4.69) is 22.9 Å². The van der Waals surface area contributed by atoms with Gasteiger partial charge in [-0.2, -0.15) is 0 Å². The molecule has 0 aromatic rings. The number of nitrogens with one attached hydrogen (secondary N) is 2. The van der Waals surface area contributed by atoms with Crippen LogP contribution < -0.4 is 11.1 Å². The van der Waals surface area contributed by atoms with Crippen molar-refractivity contribution in [1.82, 2.24) is 10.2 Å². The van der Waals surface area contributed by atoms with Crippen molar-refractivity contribution < 1.29 is 19.2 Å². The second-order valence-corrected chi connectivity index (χ2v) is 5.91. The average Bonchev–Trinajstić information content (AvgIpc) is 2.91. The van der Waals surface area contributed by atoms with Gasteiger partial charge in [-0.3, -0.25) is 24.1 Å². The van der Waals surface area contributed by atoms with Crippen molar-refractivity contribution in [2.45, 2.75) is 31.7 Å². The monoisotopic (exact) mass is 373 g/mol. The van der Waals surface area contributed by atoms with E-state index in [1.54, 1.807) is 0 Å². The summed E-state index contributed by atoms with van der Waals surface area (Å²) in [5.41, 5.74) is 11.7. The zero-order valence-electron chi connectivity index (χ0n) is 13.5. The van der Waals surface area contributed by atoms with Crippen LogP contribution in [0.5, 0.6) is 0 Å². The van der Waals surface area contributed by atoms with E-state index < -0.39 is 17.9 Å². The Morgan fingerprint density at radius 3 is 2.42 bits per heavy atom. The maximum absolute atomic E-state index is 11.6. The smallest absolute Gasteiger partial charge is 0.253 e. The first kappa shape index (κ1) is 22.5. The van der Waals surface area contributed by atoms with Crippen LogP contribution in [0.4, 0.5) is 0 Å². The van der Waals surface area contributed by atoms with Crippen molar-refractivity contribution in [3.8, 4) is 0 Å². The third kappa shape index (κ3) is 8.35. The van der Waals surface area contributed by atoms with Gasteiger partial charge in [0.1, 0.15) is 0 Å². The van der Waals surface area contributed by atoms with Gasteiger partial charge in [-0.25, -0.2) is 0 Å². The number of hydrogen-bond acceptors (Lipinski definition) is 6. The number of carbonyl (C=O) groups is 4. The predicted molar refractivity (Wildman–Crippen MR) is 94.9 cm³/mol. The largest absolute Gasteiger partial charge is 0.668 e. The number of carbonyl (C=O) groups excluding carboxylic acids is 4. The summed E-state index contributed by atoms with van der Waals surface area (Å²) in [4.78, 5) is 46.3. The van der Waals surface area contributed by atoms with Crippen molar-refractivity contribution >= 4 is 42.4 Å². The van der Waals surface area contributed by atoms with Gasteiger partial charge in [0.25, 0.3) is 11.8 Å². The fourth-order valence-electron chi connectivity index (χ4n) is 1.84. The van der Waals surface area contributed by atoms with Crippen molar-refractivity contribution in [1.29, 1.82) is 0 Å². The Kier molecular flexibility index (Phi) is 12.0. The minimum Gasteiger partial charge on any atom is -0.668 e. The molecule has 1 aliphatic heterocycles. The van der Waals surface area contributed by atoms with Crippen molar-refractivity contribution in [3.63, 3.8) is 0 Å². The number of hydrogen-bond donors (Lipinski definition) is 2. The summed E-state index contributed by atoms with van der Waals surface area (Å²) < 4.78 is 0. The molecule has 0 radical (unpaired) electrons. The lowest BCUT2D eigenvalue weighted by Gasteiger charge is -2.15. The molecule has 0 aliphatic carbocycles. The molecule has 1 atom stereocenters. The summed E-state index contributed by atoms with van der Waals surface area (Å²) in [5, 5.41) is 2.68. The highest BCUT2D eigenvalue weighted by Gasteiger charge is 2.23. The Labute approximate surface area is 147 Å². The topological polar surface area (TPSA) is 133 Å². The summed E-state index contributed by atoms with van der Waals surface area (Å²) in [6.07, 6.45) is 4.17. The normalized spacial score (nSPS) is 14.4. The second-order valence-electron chi connectivity index (χ2n) is 4.74. The lowest BCUT2D eigenvalue weighted by Crippen LogP contribution is -2.35. The molecule has 0 spiro atoms. The van der Waals surface area contributed by atoms with Gasteiger partial charge in [0, 0.05) is 39.0 Å². The summed E-state index contributed by atoms with van der Waals surface area (Å²) in [6, 6.07) is -0.783. The van der Waals surface area contributed by atoms with Gasteiger partial charge < -0.3 is 16.8 Å². The number of imide groups is 1. The van der Waals surface area contributed by atoms with Crippen LogP contribution in [0, 0.1) is 0 Å². The first-order valence-electron chi connectivity index (χ1n) is 7.42. The summed E-state index contributed by atoms with van der Waals surface area (Å²) in [5.74, 6) is -1.04. The molecular weight excluding hydrogens is 351 g/mol. The number of nitrogens with zero attached hydrogens (tertiary/aromatic N) is 1. The first-order valence-corrected chi connectivity index (χ1v) is 9.32. The molecular formula is C14H22N4O4PS-. The maximum atomic E-state index is 11.6. The van der Waals surface area contributed by atoms with Gasteiger partial charge in [-0.1, -0.05) is 18.9 Å². The highest BCUT2D eigenvalue weighted by molar-refractivity contribution is 8.03. The van der Waals surface area contributed by atoms with E-state index in [0.717, 1.165) is 4.90 Å². The van der Waals surface area contributed by atoms with E-state index >= 15 is 0 Å². The Hall–Kier alpha value is -1.54. The third-order valence-electron chi connectivity index (χ3n) is 3.09. The van der Waals surface area contributed by atoms with Crippen molar-refractivity contribution in [2.75, 3.05) is 20.1 Å². The van der Waals surface area contributed by atoms with Crippen LogP contribution in [0.15, 0.2) is 12.2 Å². The lowest BCUT2D eigenvalue weighted by molar-refractivity contribution is -0.137. The summed E-state index contributed by atoms with van der Waals surface area (Å²) >= 11 is 4.57. The number of unbranched alkanes of at least 4 members (excludes halogenated alkanes) is 1. The maximum Gasteiger partial charge on any atom is 0.253 e. The molecule has 1 aliphatic rings. The molecule has 3 amide bonds. The SMILES string of the molecule is CN.[NH-]C(CCCCNC(=O)CCN1C(=O)C=CC1=O)C(=O)P=S. The lowest BCUT2D eigenvalue weighted by atomic mass is 10.1. The Morgan fingerprint density at radius 2 is 1.88 bits per heavy atom. The van der Waals surface area contributed by atoms with E-state index in [4.69, 9.17) is 5.73 Å². The van der Waals surface area contributed by atoms with E-state index in [-0.39, 0.29) is 31.8 Å². The van der Waals surface area contributed by atoms with Crippen LogP contribution in [0.3, 0.4) is 0 Å². The van der Waals surface area contributed by atoms with E-state index in [1.165, 1.54) is 19.2 Å². The molecule has 0 bridgehead atoms. The van der Waals surface area contributed by atoms with Gasteiger partial charge >= 0.3 is 0 Å². The van der Waals surface area contributed by atoms with E-state index in [9.17, 15) is 19.2 Å². The van der Waals surface area contributed by atoms with Gasteiger partial charge in [0.15, 0.2) is 5.52 Å². The second kappa shape index (κ2) is 12.8. The minimum absolute atomic E-state index is 0.0630. The molecule has 8 nitrogen and oxygen atoms in total. The highest BCUT2D eigenvalue weighted by atomic mass is 32.4. The molecule has 1 unspecified atom stereocenters. The zero-order valence-corrected chi connectivity index (χ0v) is 15.2. The van der Waals surface area contributed by atoms with Crippen LogP contribution in [-0.4, -0.2) is 54.3 Å². The van der Waals surface area contributed by atoms with E-state index in [0.29, 0.717) is 25.8 Å². The Balaban J connectivity index is 0.00000254. The number of nitrogens with two attached hydrogens (primary N) is 1. The van der Waals surface area contributed by atoms with Gasteiger partial charge in [-0.15, -0.1) is 0 Å². The fraction of sp³-hybridized carbons (Fsp3) is 0.571. The zero-order chi connectivity index (χ0) is 18.5. The molecule has 4 N–H and O–H groups in total. The molecule has 0 aromatic carbocycles. The molecule has 1 heterocycles. The summed E-state index contributed by atoms with van der Waals surface area (Å²) in [7, 11) is 1.69. The van der Waals surface area contributed by atoms with Crippen LogP contribution >= 0.6 is 7.36 Å². The van der Waals surface area contributed by atoms with E-state index in [1.807, 2.05) is 0 Å². The third-order valence-corrected chi connectivity index (χ3v) is 4.12. The average molecular weight is 373 g/mol. The predicted octanol–water partition coefficient (Wildman–Crippen LogP) is 0.518. The fourth-order valence-corrected chi connectivity index (χ4v) is 2.48. The molecule has 0 aromatic heterocycles. The molecule has 1 rings (SSSR count). The Morgan fingerprint density at radius 1 is 1.29 bits per heavy atom. The highest BCUT2D eigenvalue weighted by Crippen LogP contribution is 2.10. The van der Waals surface area contributed by atoms with Crippen LogP contribution in [0.1, 0.15) is 25.7 Å². The van der Waals surface area contributed by atoms with Crippen LogP contribution in [-0.2, 0) is 31.0 Å². The first-order chi connectivity index (χ1) is 11.5. The standard InChI is InChI=1S/C13H17N3O4PS.CH5N/c14-9(13(20)21-22)3-1-2-7-15-10(17)6-8-16-11(18)4-5-12(16)19;1-2/h4-5,9,14H,1-3,6-8H2,(H,15,17);2H2,1H3/q-1;. The molecule has 0 saturated heterocycles. The van der Waals surface area contributed by atoms with Crippen LogP contribution in [0.25, 0.3) is 5.73 Å². The van der Waals surface area contributed by atoms with Gasteiger partial charge in [-0.05, 0) is 25.3 Å². The van der Waals surface area contributed by atoms with Crippen molar-refractivity contribution in [3.05, 3.63) is 17.9 Å². The summed E-state index contributed by atoms with van der Waals surface area (Å²) in [6.45, 7) is 0.503. The van der Waals surface area contributed by atoms with Gasteiger partial charge in [0.2, 0.25) is 5.91 Å².